The third-order valence-electron chi connectivity index (χ3n) is 4.16. The summed E-state index contributed by atoms with van der Waals surface area (Å²) in [6, 6.07) is 11.3. The van der Waals surface area contributed by atoms with E-state index in [0.29, 0.717) is 5.56 Å². The lowest BCUT2D eigenvalue weighted by atomic mass is 10.1. The van der Waals surface area contributed by atoms with E-state index in [4.69, 9.17) is 4.74 Å². The number of ether oxygens (including phenoxy) is 1. The first-order valence-electron chi connectivity index (χ1n) is 8.46. The molecule has 0 aliphatic heterocycles. The predicted molar refractivity (Wildman–Crippen MR) is 99.6 cm³/mol. The van der Waals surface area contributed by atoms with Crippen molar-refractivity contribution in [2.75, 3.05) is 12.4 Å². The second-order valence-electron chi connectivity index (χ2n) is 5.95. The van der Waals surface area contributed by atoms with Crippen molar-refractivity contribution in [1.29, 1.82) is 0 Å². The molecule has 0 saturated heterocycles. The zero-order valence-electron chi connectivity index (χ0n) is 15.0. The van der Waals surface area contributed by atoms with Gasteiger partial charge in [-0.3, -0.25) is 4.79 Å². The molecular weight excluding hydrogens is 352 g/mol. The lowest BCUT2D eigenvalue weighted by Gasteiger charge is -2.17. The van der Waals surface area contributed by atoms with Crippen LogP contribution in [0.25, 0.3) is 0 Å². The number of anilines is 2. The third-order valence-corrected chi connectivity index (χ3v) is 4.16. The summed E-state index contributed by atoms with van der Waals surface area (Å²) in [7, 11) is 1.37. The molecule has 140 valence electrons. The number of rotatable bonds is 6. The molecule has 3 rings (SSSR count). The van der Waals surface area contributed by atoms with Gasteiger partial charge in [0.2, 0.25) is 11.7 Å². The SMILES string of the molecule is CCc1ccccc1Nc1nc(=O)c(OC)cn1Cc1ccc(F)c(F)c1. The highest BCUT2D eigenvalue weighted by Gasteiger charge is 2.12. The molecule has 2 aromatic carbocycles. The van der Waals surface area contributed by atoms with Crippen LogP contribution in [0.4, 0.5) is 20.4 Å². The molecule has 3 aromatic rings. The van der Waals surface area contributed by atoms with Crippen LogP contribution < -0.4 is 15.6 Å². The summed E-state index contributed by atoms with van der Waals surface area (Å²) >= 11 is 0. The second kappa shape index (κ2) is 7.99. The maximum absolute atomic E-state index is 13.5. The number of para-hydroxylation sites is 1. The molecule has 0 unspecified atom stereocenters. The number of aromatic nitrogens is 2. The highest BCUT2D eigenvalue weighted by molar-refractivity contribution is 5.59. The van der Waals surface area contributed by atoms with E-state index < -0.39 is 17.2 Å². The number of methoxy groups -OCH3 is 1. The van der Waals surface area contributed by atoms with Gasteiger partial charge in [-0.2, -0.15) is 4.98 Å². The summed E-state index contributed by atoms with van der Waals surface area (Å²) in [4.78, 5) is 16.2. The van der Waals surface area contributed by atoms with Gasteiger partial charge in [-0.1, -0.05) is 31.2 Å². The summed E-state index contributed by atoms with van der Waals surface area (Å²) in [5.74, 6) is -1.50. The fourth-order valence-electron chi connectivity index (χ4n) is 2.74. The largest absolute Gasteiger partial charge is 0.490 e. The zero-order chi connectivity index (χ0) is 19.4. The van der Waals surface area contributed by atoms with Crippen LogP contribution in [0.5, 0.6) is 5.75 Å². The first kappa shape index (κ1) is 18.6. The van der Waals surface area contributed by atoms with E-state index in [9.17, 15) is 13.6 Å². The van der Waals surface area contributed by atoms with Gasteiger partial charge in [0, 0.05) is 5.69 Å². The van der Waals surface area contributed by atoms with Crippen LogP contribution in [0.3, 0.4) is 0 Å². The number of hydrogen-bond donors (Lipinski definition) is 1. The number of aryl methyl sites for hydroxylation is 1. The standard InChI is InChI=1S/C20H19F2N3O2/c1-3-14-6-4-5-7-17(14)23-20-24-19(26)18(27-2)12-25(20)11-13-8-9-15(21)16(22)10-13/h4-10,12H,3,11H2,1-2H3,(H,23,24,26). The molecule has 5 nitrogen and oxygen atoms in total. The normalized spacial score (nSPS) is 10.7. The average molecular weight is 371 g/mol. The lowest BCUT2D eigenvalue weighted by molar-refractivity contribution is 0.402. The van der Waals surface area contributed by atoms with Gasteiger partial charge < -0.3 is 14.6 Å². The molecule has 0 atom stereocenters. The fraction of sp³-hybridized carbons (Fsp3) is 0.200. The molecule has 0 fully saturated rings. The van der Waals surface area contributed by atoms with Crippen molar-refractivity contribution >= 4 is 11.6 Å². The van der Waals surface area contributed by atoms with Gasteiger partial charge in [0.05, 0.1) is 19.9 Å². The second-order valence-corrected chi connectivity index (χ2v) is 5.95. The molecule has 7 heteroatoms. The van der Waals surface area contributed by atoms with Crippen LogP contribution in [0.2, 0.25) is 0 Å². The molecule has 0 radical (unpaired) electrons. The van der Waals surface area contributed by atoms with Gasteiger partial charge in [0.25, 0.3) is 0 Å². The van der Waals surface area contributed by atoms with Gasteiger partial charge in [-0.05, 0) is 35.7 Å². The Balaban J connectivity index is 2.03. The van der Waals surface area contributed by atoms with E-state index in [-0.39, 0.29) is 18.2 Å². The molecule has 1 N–H and O–H groups in total. The van der Waals surface area contributed by atoms with Crippen LogP contribution >= 0.6 is 0 Å². The van der Waals surface area contributed by atoms with Crippen LogP contribution in [-0.4, -0.2) is 16.7 Å². The van der Waals surface area contributed by atoms with Crippen molar-refractivity contribution in [3.05, 3.63) is 81.8 Å². The summed E-state index contributed by atoms with van der Waals surface area (Å²) in [6.45, 7) is 2.20. The van der Waals surface area contributed by atoms with Gasteiger partial charge in [0.15, 0.2) is 11.6 Å². The van der Waals surface area contributed by atoms with E-state index in [0.717, 1.165) is 29.8 Å². The van der Waals surface area contributed by atoms with Crippen LogP contribution in [0.15, 0.2) is 53.5 Å². The Morgan fingerprint density at radius 3 is 2.63 bits per heavy atom. The van der Waals surface area contributed by atoms with E-state index in [1.54, 1.807) is 4.57 Å². The maximum atomic E-state index is 13.5. The molecular formula is C20H19F2N3O2. The Morgan fingerprint density at radius 1 is 1.15 bits per heavy atom. The fourth-order valence-corrected chi connectivity index (χ4v) is 2.74. The maximum Gasteiger partial charge on any atom is 0.316 e. The van der Waals surface area contributed by atoms with Gasteiger partial charge in [-0.15, -0.1) is 0 Å². The molecule has 1 aromatic heterocycles. The Bertz CT molecular complexity index is 1020. The first-order chi connectivity index (χ1) is 13.0. The van der Waals surface area contributed by atoms with Crippen LogP contribution in [-0.2, 0) is 13.0 Å². The van der Waals surface area contributed by atoms with E-state index >= 15 is 0 Å². The molecule has 0 aliphatic carbocycles. The van der Waals surface area contributed by atoms with E-state index in [1.165, 1.54) is 19.4 Å². The monoisotopic (exact) mass is 371 g/mol. The Hall–Kier alpha value is -3.22. The minimum Gasteiger partial charge on any atom is -0.490 e. The summed E-state index contributed by atoms with van der Waals surface area (Å²) in [5, 5.41) is 3.16. The quantitative estimate of drug-likeness (QED) is 0.714. The summed E-state index contributed by atoms with van der Waals surface area (Å²) in [6.07, 6.45) is 2.29. The minimum absolute atomic E-state index is 0.0620. The van der Waals surface area contributed by atoms with Crippen molar-refractivity contribution in [3.63, 3.8) is 0 Å². The number of hydrogen-bond acceptors (Lipinski definition) is 4. The number of nitrogens with one attached hydrogen (secondary N) is 1. The van der Waals surface area contributed by atoms with Crippen molar-refractivity contribution in [2.24, 2.45) is 0 Å². The highest BCUT2D eigenvalue weighted by Crippen LogP contribution is 2.21. The Kier molecular flexibility index (Phi) is 5.49. The molecule has 0 bridgehead atoms. The van der Waals surface area contributed by atoms with Crippen molar-refractivity contribution in [1.82, 2.24) is 9.55 Å². The van der Waals surface area contributed by atoms with Crippen LogP contribution in [0, 0.1) is 11.6 Å². The van der Waals surface area contributed by atoms with Crippen molar-refractivity contribution in [3.8, 4) is 5.75 Å². The van der Waals surface area contributed by atoms with E-state index in [1.807, 2.05) is 31.2 Å². The smallest absolute Gasteiger partial charge is 0.316 e. The molecule has 0 spiro atoms. The van der Waals surface area contributed by atoms with Crippen molar-refractivity contribution in [2.45, 2.75) is 19.9 Å². The van der Waals surface area contributed by atoms with Gasteiger partial charge in [-0.25, -0.2) is 8.78 Å². The van der Waals surface area contributed by atoms with Gasteiger partial charge in [0.1, 0.15) is 0 Å². The van der Waals surface area contributed by atoms with Crippen LogP contribution in [0.1, 0.15) is 18.1 Å². The molecule has 0 aliphatic rings. The molecule has 0 amide bonds. The van der Waals surface area contributed by atoms with Gasteiger partial charge >= 0.3 is 5.56 Å². The highest BCUT2D eigenvalue weighted by atomic mass is 19.2. The van der Waals surface area contributed by atoms with E-state index in [2.05, 4.69) is 10.3 Å². The number of benzene rings is 2. The first-order valence-corrected chi connectivity index (χ1v) is 8.46. The molecule has 0 saturated carbocycles. The summed E-state index contributed by atoms with van der Waals surface area (Å²) in [5.41, 5.74) is 1.88. The molecule has 1 heterocycles. The number of halogens is 2. The number of nitrogens with zero attached hydrogens (tertiary/aromatic N) is 2. The predicted octanol–water partition coefficient (Wildman–Crippen LogP) is 3.88. The van der Waals surface area contributed by atoms with Crippen molar-refractivity contribution < 1.29 is 13.5 Å². The topological polar surface area (TPSA) is 56.1 Å². The zero-order valence-corrected chi connectivity index (χ0v) is 15.0. The summed E-state index contributed by atoms with van der Waals surface area (Å²) < 4.78 is 33.4. The lowest BCUT2D eigenvalue weighted by Crippen LogP contribution is -2.19. The Morgan fingerprint density at radius 2 is 1.93 bits per heavy atom. The molecule has 27 heavy (non-hydrogen) atoms. The minimum atomic E-state index is -0.931. The third kappa shape index (κ3) is 4.13. The Labute approximate surface area is 155 Å². The average Bonchev–Trinajstić information content (AvgIpc) is 2.67.